The van der Waals surface area contributed by atoms with Crippen molar-refractivity contribution in [3.05, 3.63) is 65.5 Å². The van der Waals surface area contributed by atoms with Crippen LogP contribution < -0.4 is 0 Å². The lowest BCUT2D eigenvalue weighted by molar-refractivity contribution is 0.195. The molecule has 27 heavy (non-hydrogen) atoms. The van der Waals surface area contributed by atoms with Gasteiger partial charge < -0.3 is 4.57 Å². The minimum absolute atomic E-state index is 0.442. The average molecular weight is 364 g/mol. The number of hydrogen-bond donors (Lipinski definition) is 0. The van der Waals surface area contributed by atoms with E-state index >= 15 is 0 Å². The molecule has 4 rings (SSSR count). The Hall–Kier alpha value is -2.47. The maximum Gasteiger partial charge on any atom is 0.154 e. The summed E-state index contributed by atoms with van der Waals surface area (Å²) in [7, 11) is 2.08. The van der Waals surface area contributed by atoms with Crippen molar-refractivity contribution < 1.29 is 0 Å². The Kier molecular flexibility index (Phi) is 5.34. The smallest absolute Gasteiger partial charge is 0.154 e. The lowest BCUT2D eigenvalue weighted by Gasteiger charge is -2.32. The Bertz CT molecular complexity index is 849. The number of piperidine rings is 1. The van der Waals surface area contributed by atoms with Gasteiger partial charge in [0.2, 0.25) is 0 Å². The summed E-state index contributed by atoms with van der Waals surface area (Å²) in [5.74, 6) is 2.50. The zero-order valence-electron chi connectivity index (χ0n) is 16.3. The molecule has 142 valence electrons. The first-order chi connectivity index (χ1) is 13.2. The van der Waals surface area contributed by atoms with Gasteiger partial charge in [0.05, 0.1) is 0 Å². The van der Waals surface area contributed by atoms with Crippen LogP contribution in [0.2, 0.25) is 0 Å². The number of benzene rings is 1. The fraction of sp³-hybridized carbons (Fsp3) is 0.476. The van der Waals surface area contributed by atoms with Crippen LogP contribution in [0.1, 0.15) is 48.5 Å². The molecule has 0 saturated carbocycles. The molecule has 0 aliphatic carbocycles. The Labute approximate surface area is 160 Å². The van der Waals surface area contributed by atoms with Gasteiger partial charge in [-0.15, -0.1) is 10.2 Å². The molecule has 1 fully saturated rings. The second-order valence-corrected chi connectivity index (χ2v) is 7.48. The Balaban J connectivity index is 1.42. The molecule has 3 aromatic rings. The minimum Gasteiger partial charge on any atom is -0.316 e. The van der Waals surface area contributed by atoms with Crippen molar-refractivity contribution in [2.75, 3.05) is 13.1 Å². The molecule has 6 heteroatoms. The summed E-state index contributed by atoms with van der Waals surface area (Å²) in [6.45, 7) is 6.08. The molecule has 3 heterocycles. The highest BCUT2D eigenvalue weighted by Crippen LogP contribution is 2.27. The summed E-state index contributed by atoms with van der Waals surface area (Å²) in [5.41, 5.74) is 2.80. The van der Waals surface area contributed by atoms with Gasteiger partial charge >= 0.3 is 0 Å². The average Bonchev–Trinajstić information content (AvgIpc) is 3.33. The summed E-state index contributed by atoms with van der Waals surface area (Å²) < 4.78 is 4.05. The first kappa shape index (κ1) is 17.9. The number of hydrogen-bond acceptors (Lipinski definition) is 4. The normalized spacial score (nSPS) is 18.1. The molecule has 1 atom stereocenters. The predicted octanol–water partition coefficient (Wildman–Crippen LogP) is 3.00. The van der Waals surface area contributed by atoms with Crippen molar-refractivity contribution in [1.29, 1.82) is 0 Å². The molecule has 0 N–H and O–H groups in total. The van der Waals surface area contributed by atoms with Crippen molar-refractivity contribution in [3.8, 4) is 0 Å². The molecule has 0 bridgehead atoms. The highest BCUT2D eigenvalue weighted by Gasteiger charge is 2.26. The number of nitrogens with zero attached hydrogens (tertiary/aromatic N) is 6. The van der Waals surface area contributed by atoms with E-state index in [1.807, 2.05) is 16.9 Å². The standard InChI is InChI=1S/C21H28N6/c1-3-17-7-9-18(10-8-17)14-26-12-4-6-19(15-26)21-24-23-20(25(21)2)16-27-13-5-11-22-27/h5,7-11,13,19H,3-4,6,12,14-16H2,1-2H3/t19-/m1/s1. The first-order valence-corrected chi connectivity index (χ1v) is 9.88. The van der Waals surface area contributed by atoms with Crippen LogP contribution in [-0.2, 0) is 26.6 Å². The van der Waals surface area contributed by atoms with Crippen LogP contribution in [0, 0.1) is 0 Å². The van der Waals surface area contributed by atoms with E-state index in [9.17, 15) is 0 Å². The third-order valence-electron chi connectivity index (χ3n) is 5.57. The molecule has 0 radical (unpaired) electrons. The fourth-order valence-electron chi connectivity index (χ4n) is 3.96. The zero-order chi connectivity index (χ0) is 18.6. The highest BCUT2D eigenvalue weighted by molar-refractivity contribution is 5.22. The number of aryl methyl sites for hydroxylation is 1. The SMILES string of the molecule is CCc1ccc(CN2CCC[C@@H](c3nnc(Cn4cccn4)n3C)C2)cc1. The quantitative estimate of drug-likeness (QED) is 0.675. The van der Waals surface area contributed by atoms with Crippen LogP contribution in [0.4, 0.5) is 0 Å². The van der Waals surface area contributed by atoms with Crippen LogP contribution in [0.5, 0.6) is 0 Å². The van der Waals surface area contributed by atoms with Crippen LogP contribution >= 0.6 is 0 Å². The maximum absolute atomic E-state index is 4.53. The third-order valence-corrected chi connectivity index (χ3v) is 5.57. The molecule has 1 saturated heterocycles. The molecular formula is C21H28N6. The third kappa shape index (κ3) is 4.11. The second-order valence-electron chi connectivity index (χ2n) is 7.48. The Morgan fingerprint density at radius 2 is 1.89 bits per heavy atom. The summed E-state index contributed by atoms with van der Waals surface area (Å²) in [6.07, 6.45) is 7.24. The van der Waals surface area contributed by atoms with Gasteiger partial charge in [-0.2, -0.15) is 5.10 Å². The number of likely N-dealkylation sites (tertiary alicyclic amines) is 1. The Morgan fingerprint density at radius 3 is 2.63 bits per heavy atom. The van der Waals surface area contributed by atoms with E-state index in [4.69, 9.17) is 0 Å². The molecule has 6 nitrogen and oxygen atoms in total. The lowest BCUT2D eigenvalue weighted by atomic mass is 9.96. The van der Waals surface area contributed by atoms with Crippen molar-refractivity contribution in [2.24, 2.45) is 7.05 Å². The highest BCUT2D eigenvalue weighted by atomic mass is 15.3. The maximum atomic E-state index is 4.53. The molecule has 2 aromatic heterocycles. The van der Waals surface area contributed by atoms with Gasteiger partial charge in [0.25, 0.3) is 0 Å². The minimum atomic E-state index is 0.442. The van der Waals surface area contributed by atoms with Crippen LogP contribution in [0.25, 0.3) is 0 Å². The van der Waals surface area contributed by atoms with Crippen LogP contribution in [0.15, 0.2) is 42.7 Å². The molecule has 0 spiro atoms. The van der Waals surface area contributed by atoms with Crippen molar-refractivity contribution in [1.82, 2.24) is 29.4 Å². The molecule has 1 aliphatic heterocycles. The zero-order valence-corrected chi connectivity index (χ0v) is 16.3. The Morgan fingerprint density at radius 1 is 1.07 bits per heavy atom. The largest absolute Gasteiger partial charge is 0.316 e. The van der Waals surface area contributed by atoms with Gasteiger partial charge in [-0.25, -0.2) is 0 Å². The van der Waals surface area contributed by atoms with E-state index < -0.39 is 0 Å². The lowest BCUT2D eigenvalue weighted by Crippen LogP contribution is -2.34. The van der Waals surface area contributed by atoms with Crippen molar-refractivity contribution >= 4 is 0 Å². The van der Waals surface area contributed by atoms with E-state index in [0.29, 0.717) is 12.5 Å². The van der Waals surface area contributed by atoms with Gasteiger partial charge in [0.15, 0.2) is 5.82 Å². The van der Waals surface area contributed by atoms with E-state index in [1.54, 1.807) is 6.20 Å². The van der Waals surface area contributed by atoms with Gasteiger partial charge in [-0.3, -0.25) is 9.58 Å². The molecule has 1 aromatic carbocycles. The summed E-state index contributed by atoms with van der Waals surface area (Å²) >= 11 is 0. The fourth-order valence-corrected chi connectivity index (χ4v) is 3.96. The monoisotopic (exact) mass is 364 g/mol. The van der Waals surface area contributed by atoms with E-state index in [1.165, 1.54) is 24.0 Å². The molecule has 1 aliphatic rings. The predicted molar refractivity (Wildman–Crippen MR) is 105 cm³/mol. The molecule has 0 unspecified atom stereocenters. The van der Waals surface area contributed by atoms with Crippen molar-refractivity contribution in [3.63, 3.8) is 0 Å². The van der Waals surface area contributed by atoms with E-state index in [0.717, 1.165) is 37.7 Å². The molecular weight excluding hydrogens is 336 g/mol. The van der Waals surface area contributed by atoms with Gasteiger partial charge in [0.1, 0.15) is 12.4 Å². The number of aromatic nitrogens is 5. The van der Waals surface area contributed by atoms with Gasteiger partial charge in [-0.1, -0.05) is 31.2 Å². The number of rotatable bonds is 6. The second kappa shape index (κ2) is 8.05. The summed E-state index contributed by atoms with van der Waals surface area (Å²) in [6, 6.07) is 11.0. The first-order valence-electron chi connectivity index (χ1n) is 9.88. The van der Waals surface area contributed by atoms with Gasteiger partial charge in [0, 0.05) is 38.4 Å². The summed E-state index contributed by atoms with van der Waals surface area (Å²) in [5, 5.41) is 13.2. The molecule has 0 amide bonds. The topological polar surface area (TPSA) is 51.8 Å². The van der Waals surface area contributed by atoms with E-state index in [-0.39, 0.29) is 0 Å². The van der Waals surface area contributed by atoms with Crippen LogP contribution in [-0.4, -0.2) is 42.5 Å². The van der Waals surface area contributed by atoms with Gasteiger partial charge in [-0.05, 0) is 43.0 Å². The summed E-state index contributed by atoms with van der Waals surface area (Å²) in [4.78, 5) is 2.55. The van der Waals surface area contributed by atoms with E-state index in [2.05, 4.69) is 63.0 Å². The van der Waals surface area contributed by atoms with Crippen LogP contribution in [0.3, 0.4) is 0 Å². The van der Waals surface area contributed by atoms with Crippen molar-refractivity contribution in [2.45, 2.75) is 45.2 Å².